The zero-order chi connectivity index (χ0) is 8.10. The Hall–Kier alpha value is 0.310. The van der Waals surface area contributed by atoms with Crippen LogP contribution < -0.4 is 0 Å². The molecule has 0 heterocycles. The maximum Gasteiger partial charge on any atom is 0.0633 e. The highest BCUT2D eigenvalue weighted by Gasteiger charge is 2.24. The summed E-state index contributed by atoms with van der Waals surface area (Å²) in [5.74, 6) is 3.01. The van der Waals surface area contributed by atoms with Crippen molar-refractivity contribution in [3.63, 3.8) is 0 Å². The minimum Gasteiger partial charge on any atom is -0.392 e. The van der Waals surface area contributed by atoms with Gasteiger partial charge in [0.15, 0.2) is 0 Å². The smallest absolute Gasteiger partial charge is 0.0633 e. The van der Waals surface area contributed by atoms with Crippen LogP contribution in [0.1, 0.15) is 32.6 Å². The van der Waals surface area contributed by atoms with Crippen molar-refractivity contribution in [1.82, 2.24) is 0 Å². The zero-order valence-electron chi connectivity index (χ0n) is 7.25. The molecule has 1 fully saturated rings. The predicted molar refractivity (Wildman–Crippen MR) is 51.0 cm³/mol. The highest BCUT2D eigenvalue weighted by atomic mass is 32.2. The van der Waals surface area contributed by atoms with Gasteiger partial charge >= 0.3 is 0 Å². The summed E-state index contributed by atoms with van der Waals surface area (Å²) >= 11 is 1.88. The Labute approximate surface area is 73.6 Å². The van der Waals surface area contributed by atoms with Gasteiger partial charge in [-0.15, -0.1) is 0 Å². The number of aliphatic hydroxyl groups excluding tert-OH is 1. The van der Waals surface area contributed by atoms with E-state index in [1.54, 1.807) is 0 Å². The van der Waals surface area contributed by atoms with Crippen LogP contribution in [0.4, 0.5) is 0 Å². The molecule has 1 aliphatic rings. The summed E-state index contributed by atoms with van der Waals surface area (Å²) in [6.45, 7) is 2.18. The summed E-state index contributed by atoms with van der Waals surface area (Å²) < 4.78 is 0. The predicted octanol–water partition coefficient (Wildman–Crippen LogP) is 2.29. The third-order valence-electron chi connectivity index (χ3n) is 1.96. The van der Waals surface area contributed by atoms with Gasteiger partial charge in [0.25, 0.3) is 0 Å². The summed E-state index contributed by atoms with van der Waals surface area (Å²) in [5.41, 5.74) is 0. The van der Waals surface area contributed by atoms with Crippen LogP contribution in [-0.4, -0.2) is 22.7 Å². The molecule has 66 valence electrons. The lowest BCUT2D eigenvalue weighted by Gasteiger charge is -2.07. The Kier molecular flexibility index (Phi) is 4.31. The monoisotopic (exact) mass is 174 g/mol. The molecule has 11 heavy (non-hydrogen) atoms. The molecule has 1 aliphatic carbocycles. The molecule has 2 heteroatoms. The molecule has 0 bridgehead atoms. The Morgan fingerprint density at radius 2 is 2.27 bits per heavy atom. The number of hydrogen-bond donors (Lipinski definition) is 1. The maximum atomic E-state index is 9.47. The summed E-state index contributed by atoms with van der Waals surface area (Å²) in [5, 5.41) is 9.47. The van der Waals surface area contributed by atoms with E-state index in [1.807, 2.05) is 11.8 Å². The van der Waals surface area contributed by atoms with Crippen molar-refractivity contribution in [3.8, 4) is 0 Å². The molecule has 0 aliphatic heterocycles. The second kappa shape index (κ2) is 5.04. The molecule has 1 saturated carbocycles. The highest BCUT2D eigenvalue weighted by molar-refractivity contribution is 7.99. The lowest BCUT2D eigenvalue weighted by Crippen LogP contribution is -2.10. The number of rotatable bonds is 6. The first-order valence-electron chi connectivity index (χ1n) is 4.58. The average Bonchev–Trinajstić information content (AvgIpc) is 2.72. The molecule has 1 unspecified atom stereocenters. The lowest BCUT2D eigenvalue weighted by molar-refractivity contribution is 0.182. The molecule has 0 saturated heterocycles. The van der Waals surface area contributed by atoms with Crippen molar-refractivity contribution >= 4 is 11.8 Å². The Morgan fingerprint density at radius 3 is 2.82 bits per heavy atom. The summed E-state index contributed by atoms with van der Waals surface area (Å²) in [7, 11) is 0. The van der Waals surface area contributed by atoms with Crippen molar-refractivity contribution in [2.45, 2.75) is 38.7 Å². The SMILES string of the molecule is CCCSCC(O)CC1CC1. The Morgan fingerprint density at radius 1 is 1.55 bits per heavy atom. The van der Waals surface area contributed by atoms with Crippen LogP contribution in [0.25, 0.3) is 0 Å². The number of aliphatic hydroxyl groups is 1. The zero-order valence-corrected chi connectivity index (χ0v) is 8.07. The minimum absolute atomic E-state index is 0.0287. The Bertz CT molecular complexity index is 102. The van der Waals surface area contributed by atoms with Gasteiger partial charge in [0.2, 0.25) is 0 Å². The molecule has 1 atom stereocenters. The van der Waals surface area contributed by atoms with Crippen LogP contribution in [0.2, 0.25) is 0 Å². The molecule has 1 nitrogen and oxygen atoms in total. The Balaban J connectivity index is 1.87. The molecule has 1 rings (SSSR count). The minimum atomic E-state index is -0.0287. The standard InChI is InChI=1S/C9H18OS/c1-2-5-11-7-9(10)6-8-3-4-8/h8-10H,2-7H2,1H3. The van der Waals surface area contributed by atoms with Crippen molar-refractivity contribution in [3.05, 3.63) is 0 Å². The van der Waals surface area contributed by atoms with E-state index in [-0.39, 0.29) is 6.10 Å². The molecule has 0 aromatic carbocycles. The molecule has 0 aromatic rings. The van der Waals surface area contributed by atoms with E-state index in [1.165, 1.54) is 25.0 Å². The van der Waals surface area contributed by atoms with E-state index in [0.717, 1.165) is 18.1 Å². The van der Waals surface area contributed by atoms with E-state index in [0.29, 0.717) is 0 Å². The maximum absolute atomic E-state index is 9.47. The van der Waals surface area contributed by atoms with Gasteiger partial charge in [-0.3, -0.25) is 0 Å². The molecular formula is C9H18OS. The second-order valence-electron chi connectivity index (χ2n) is 3.41. The van der Waals surface area contributed by atoms with Crippen LogP contribution in [0, 0.1) is 5.92 Å². The van der Waals surface area contributed by atoms with E-state index >= 15 is 0 Å². The number of thioether (sulfide) groups is 1. The molecule has 0 radical (unpaired) electrons. The van der Waals surface area contributed by atoms with Crippen LogP contribution in [0.5, 0.6) is 0 Å². The van der Waals surface area contributed by atoms with Gasteiger partial charge < -0.3 is 5.11 Å². The first-order chi connectivity index (χ1) is 5.33. The third-order valence-corrected chi connectivity index (χ3v) is 3.28. The quantitative estimate of drug-likeness (QED) is 0.623. The van der Waals surface area contributed by atoms with E-state index in [9.17, 15) is 5.11 Å². The molecular weight excluding hydrogens is 156 g/mol. The van der Waals surface area contributed by atoms with Crippen molar-refractivity contribution in [1.29, 1.82) is 0 Å². The first kappa shape index (κ1) is 9.40. The van der Waals surface area contributed by atoms with Gasteiger partial charge in [0, 0.05) is 5.75 Å². The summed E-state index contributed by atoms with van der Waals surface area (Å²) in [4.78, 5) is 0. The highest BCUT2D eigenvalue weighted by Crippen LogP contribution is 2.33. The molecule has 0 aromatic heterocycles. The van der Waals surface area contributed by atoms with Crippen molar-refractivity contribution < 1.29 is 5.11 Å². The fourth-order valence-electron chi connectivity index (χ4n) is 1.17. The summed E-state index contributed by atoms with van der Waals surface area (Å²) in [6, 6.07) is 0. The van der Waals surface area contributed by atoms with Crippen molar-refractivity contribution in [2.75, 3.05) is 11.5 Å². The van der Waals surface area contributed by atoms with Gasteiger partial charge in [0.05, 0.1) is 6.10 Å². The van der Waals surface area contributed by atoms with Crippen molar-refractivity contribution in [2.24, 2.45) is 5.92 Å². The average molecular weight is 174 g/mol. The topological polar surface area (TPSA) is 20.2 Å². The summed E-state index contributed by atoms with van der Waals surface area (Å²) in [6.07, 6.45) is 4.96. The number of hydrogen-bond acceptors (Lipinski definition) is 2. The van der Waals surface area contributed by atoms with E-state index in [4.69, 9.17) is 0 Å². The van der Waals surface area contributed by atoms with E-state index in [2.05, 4.69) is 6.92 Å². The molecule has 0 spiro atoms. The fraction of sp³-hybridized carbons (Fsp3) is 1.00. The van der Waals surface area contributed by atoms with Crippen LogP contribution in [0.15, 0.2) is 0 Å². The van der Waals surface area contributed by atoms with Gasteiger partial charge in [-0.25, -0.2) is 0 Å². The third kappa shape index (κ3) is 4.70. The molecule has 0 amide bonds. The van der Waals surface area contributed by atoms with Gasteiger partial charge in [0.1, 0.15) is 0 Å². The first-order valence-corrected chi connectivity index (χ1v) is 5.74. The lowest BCUT2D eigenvalue weighted by atomic mass is 10.2. The van der Waals surface area contributed by atoms with Crippen LogP contribution in [-0.2, 0) is 0 Å². The normalized spacial score (nSPS) is 20.2. The van der Waals surface area contributed by atoms with Crippen LogP contribution in [0.3, 0.4) is 0 Å². The van der Waals surface area contributed by atoms with Gasteiger partial charge in [-0.05, 0) is 24.5 Å². The van der Waals surface area contributed by atoms with E-state index < -0.39 is 0 Å². The second-order valence-corrected chi connectivity index (χ2v) is 4.56. The largest absolute Gasteiger partial charge is 0.392 e. The van der Waals surface area contributed by atoms with Gasteiger partial charge in [-0.2, -0.15) is 11.8 Å². The van der Waals surface area contributed by atoms with Gasteiger partial charge in [-0.1, -0.05) is 19.8 Å². The van der Waals surface area contributed by atoms with Crippen LogP contribution >= 0.6 is 11.8 Å². The fourth-order valence-corrected chi connectivity index (χ4v) is 2.03. The molecule has 1 N–H and O–H groups in total.